The summed E-state index contributed by atoms with van der Waals surface area (Å²) in [7, 11) is 1.51. The van der Waals surface area contributed by atoms with Gasteiger partial charge in [-0.3, -0.25) is 9.36 Å². The van der Waals surface area contributed by atoms with Crippen LogP contribution in [-0.4, -0.2) is 20.7 Å². The highest BCUT2D eigenvalue weighted by Gasteiger charge is 2.15. The van der Waals surface area contributed by atoms with Crippen LogP contribution in [0, 0.1) is 11.3 Å². The molecule has 0 unspecified atom stereocenters. The molecule has 0 saturated heterocycles. The van der Waals surface area contributed by atoms with Gasteiger partial charge in [0.1, 0.15) is 17.7 Å². The molecule has 0 aliphatic heterocycles. The summed E-state index contributed by atoms with van der Waals surface area (Å²) in [6.45, 7) is 2.11. The topological polar surface area (TPSA) is 89.9 Å². The molecule has 2 rings (SSSR count). The Labute approximate surface area is 114 Å². The lowest BCUT2D eigenvalue weighted by Crippen LogP contribution is -2.39. The monoisotopic (exact) mass is 274 g/mol. The lowest BCUT2D eigenvalue weighted by atomic mass is 10.3. The Morgan fingerprint density at radius 3 is 2.85 bits per heavy atom. The zero-order chi connectivity index (χ0) is 14.7. The smallest absolute Gasteiger partial charge is 0.333 e. The number of aryl methyl sites for hydroxylation is 1. The van der Waals surface area contributed by atoms with Gasteiger partial charge in [0, 0.05) is 13.2 Å². The minimum absolute atomic E-state index is 0.221. The third kappa shape index (κ3) is 2.16. The van der Waals surface area contributed by atoms with Gasteiger partial charge in [-0.15, -0.1) is 0 Å². The molecule has 0 amide bonds. The fourth-order valence-electron chi connectivity index (χ4n) is 1.92. The zero-order valence-electron chi connectivity index (χ0n) is 11.3. The van der Waals surface area contributed by atoms with Crippen LogP contribution in [0.4, 0.5) is 0 Å². The Morgan fingerprint density at radius 1 is 1.45 bits per heavy atom. The largest absolute Gasteiger partial charge is 0.493 e. The van der Waals surface area contributed by atoms with Gasteiger partial charge in [0.15, 0.2) is 5.65 Å². The van der Waals surface area contributed by atoms with E-state index >= 15 is 0 Å². The van der Waals surface area contributed by atoms with Crippen LogP contribution in [0.15, 0.2) is 21.9 Å². The van der Waals surface area contributed by atoms with Crippen molar-refractivity contribution in [1.82, 2.24) is 14.1 Å². The van der Waals surface area contributed by atoms with Crippen molar-refractivity contribution in [2.75, 3.05) is 6.61 Å². The molecule has 0 atom stereocenters. The van der Waals surface area contributed by atoms with Gasteiger partial charge in [-0.1, -0.05) is 6.92 Å². The van der Waals surface area contributed by atoms with Gasteiger partial charge < -0.3 is 4.74 Å². The number of fused-ring (bicyclic) bond motifs is 1. The van der Waals surface area contributed by atoms with E-state index in [1.807, 2.05) is 13.0 Å². The molecule has 0 saturated carbocycles. The zero-order valence-corrected chi connectivity index (χ0v) is 11.3. The summed E-state index contributed by atoms with van der Waals surface area (Å²) < 4.78 is 7.65. The summed E-state index contributed by atoms with van der Waals surface area (Å²) in [5.41, 5.74) is -0.865. The van der Waals surface area contributed by atoms with E-state index in [1.165, 1.54) is 17.8 Å². The number of nitriles is 1. The van der Waals surface area contributed by atoms with E-state index < -0.39 is 11.2 Å². The molecule has 0 aromatic carbocycles. The molecule has 7 heteroatoms. The molecule has 0 bridgehead atoms. The number of pyridine rings is 1. The van der Waals surface area contributed by atoms with Crippen LogP contribution in [0.2, 0.25) is 0 Å². The van der Waals surface area contributed by atoms with E-state index in [4.69, 9.17) is 10.00 Å². The number of hydrogen-bond acceptors (Lipinski definition) is 5. The molecular formula is C13H14N4O3. The highest BCUT2D eigenvalue weighted by Crippen LogP contribution is 2.19. The first-order chi connectivity index (χ1) is 9.61. The fourth-order valence-corrected chi connectivity index (χ4v) is 1.92. The van der Waals surface area contributed by atoms with Crippen molar-refractivity contribution in [3.05, 3.63) is 33.1 Å². The van der Waals surface area contributed by atoms with E-state index in [-0.39, 0.29) is 17.6 Å². The maximum atomic E-state index is 12.4. The number of rotatable bonds is 4. The van der Waals surface area contributed by atoms with E-state index in [9.17, 15) is 9.59 Å². The van der Waals surface area contributed by atoms with Crippen LogP contribution >= 0.6 is 0 Å². The third-order valence-corrected chi connectivity index (χ3v) is 2.88. The van der Waals surface area contributed by atoms with Gasteiger partial charge in [-0.25, -0.2) is 14.3 Å². The molecule has 2 aromatic rings. The normalized spacial score (nSPS) is 10.4. The van der Waals surface area contributed by atoms with Crippen LogP contribution in [0.5, 0.6) is 5.75 Å². The molecule has 0 fully saturated rings. The van der Waals surface area contributed by atoms with E-state index in [2.05, 4.69) is 4.98 Å². The van der Waals surface area contributed by atoms with Gasteiger partial charge in [0.05, 0.1) is 12.7 Å². The minimum atomic E-state index is -0.566. The second kappa shape index (κ2) is 5.57. The van der Waals surface area contributed by atoms with Gasteiger partial charge in [0.25, 0.3) is 5.56 Å². The van der Waals surface area contributed by atoms with Gasteiger partial charge in [0.2, 0.25) is 0 Å². The number of aromatic nitrogens is 3. The number of ether oxygens (including phenoxy) is 1. The van der Waals surface area contributed by atoms with Crippen LogP contribution in [0.25, 0.3) is 11.0 Å². The summed E-state index contributed by atoms with van der Waals surface area (Å²) in [6, 6.07) is 3.39. The summed E-state index contributed by atoms with van der Waals surface area (Å²) >= 11 is 0. The Balaban J connectivity index is 2.84. The summed E-state index contributed by atoms with van der Waals surface area (Å²) in [4.78, 5) is 28.4. The van der Waals surface area contributed by atoms with E-state index in [0.717, 1.165) is 11.0 Å². The van der Waals surface area contributed by atoms with Crippen LogP contribution in [0.3, 0.4) is 0 Å². The number of nitrogens with zero attached hydrogens (tertiary/aromatic N) is 4. The molecule has 0 N–H and O–H groups in total. The van der Waals surface area contributed by atoms with Crippen molar-refractivity contribution in [1.29, 1.82) is 5.26 Å². The lowest BCUT2D eigenvalue weighted by molar-refractivity contribution is 0.320. The second-order valence-corrected chi connectivity index (χ2v) is 4.25. The summed E-state index contributed by atoms with van der Waals surface area (Å²) in [5.74, 6) is 0.379. The van der Waals surface area contributed by atoms with Crippen molar-refractivity contribution in [3.8, 4) is 11.8 Å². The molecule has 0 aliphatic carbocycles. The quantitative estimate of drug-likeness (QED) is 0.805. The first kappa shape index (κ1) is 13.8. The van der Waals surface area contributed by atoms with Crippen molar-refractivity contribution < 1.29 is 4.74 Å². The molecule has 2 aromatic heterocycles. The third-order valence-electron chi connectivity index (χ3n) is 2.88. The van der Waals surface area contributed by atoms with Gasteiger partial charge in [-0.05, 0) is 12.5 Å². The Bertz CT molecular complexity index is 798. The maximum Gasteiger partial charge on any atom is 0.333 e. The Morgan fingerprint density at radius 2 is 2.20 bits per heavy atom. The van der Waals surface area contributed by atoms with Crippen molar-refractivity contribution in [2.45, 2.75) is 19.9 Å². The highest BCUT2D eigenvalue weighted by atomic mass is 16.5. The lowest BCUT2D eigenvalue weighted by Gasteiger charge is -2.11. The SMILES string of the molecule is CCCOc1ccnc2c1c(=O)n(CC#N)c(=O)n2C. The molecule has 2 heterocycles. The molecule has 0 aliphatic rings. The van der Waals surface area contributed by atoms with Gasteiger partial charge >= 0.3 is 5.69 Å². The van der Waals surface area contributed by atoms with Crippen LogP contribution in [-0.2, 0) is 13.6 Å². The standard InChI is InChI=1S/C13H14N4O3/c1-3-8-20-9-4-6-15-11-10(9)12(18)17(7-5-14)13(19)16(11)2/h4,6H,3,7-8H2,1-2H3. The van der Waals surface area contributed by atoms with Crippen LogP contribution in [0.1, 0.15) is 13.3 Å². The van der Waals surface area contributed by atoms with Crippen molar-refractivity contribution >= 4 is 11.0 Å². The van der Waals surface area contributed by atoms with E-state index in [1.54, 1.807) is 6.07 Å². The number of hydrogen-bond donors (Lipinski definition) is 0. The van der Waals surface area contributed by atoms with Gasteiger partial charge in [-0.2, -0.15) is 5.26 Å². The van der Waals surface area contributed by atoms with Crippen molar-refractivity contribution in [3.63, 3.8) is 0 Å². The Hall–Kier alpha value is -2.62. The molecule has 104 valence electrons. The molecule has 0 radical (unpaired) electrons. The predicted octanol–water partition coefficient (Wildman–Crippen LogP) is 0.408. The first-order valence-electron chi connectivity index (χ1n) is 6.20. The summed E-state index contributed by atoms with van der Waals surface area (Å²) in [5, 5.41) is 8.96. The van der Waals surface area contributed by atoms with Crippen molar-refractivity contribution in [2.24, 2.45) is 7.05 Å². The van der Waals surface area contributed by atoms with Crippen LogP contribution < -0.4 is 16.0 Å². The average Bonchev–Trinajstić information content (AvgIpc) is 2.46. The minimum Gasteiger partial charge on any atom is -0.493 e. The fraction of sp³-hybridized carbons (Fsp3) is 0.385. The highest BCUT2D eigenvalue weighted by molar-refractivity contribution is 5.81. The second-order valence-electron chi connectivity index (χ2n) is 4.25. The van der Waals surface area contributed by atoms with E-state index in [0.29, 0.717) is 12.4 Å². The molecule has 0 spiro atoms. The maximum absolute atomic E-state index is 12.4. The first-order valence-corrected chi connectivity index (χ1v) is 6.20. The molecule has 20 heavy (non-hydrogen) atoms. The molecule has 7 nitrogen and oxygen atoms in total. The summed E-state index contributed by atoms with van der Waals surface area (Å²) in [6.07, 6.45) is 2.28. The predicted molar refractivity (Wildman–Crippen MR) is 72.6 cm³/mol. The average molecular weight is 274 g/mol. The molecular weight excluding hydrogens is 260 g/mol. The Kier molecular flexibility index (Phi) is 3.84.